The summed E-state index contributed by atoms with van der Waals surface area (Å²) >= 11 is 1.73. The summed E-state index contributed by atoms with van der Waals surface area (Å²) in [5.74, 6) is 7.04. The molecule has 0 amide bonds. The van der Waals surface area contributed by atoms with Crippen LogP contribution in [0.1, 0.15) is 95.7 Å². The minimum absolute atomic E-state index is 0.00662. The molecule has 8 aromatic rings. The van der Waals surface area contributed by atoms with Gasteiger partial charge in [0.05, 0.1) is 11.4 Å². The van der Waals surface area contributed by atoms with Gasteiger partial charge < -0.3 is 23.8 Å². The second-order valence-corrected chi connectivity index (χ2v) is 25.5. The van der Waals surface area contributed by atoms with Gasteiger partial charge in [-0.3, -0.25) is 4.31 Å². The summed E-state index contributed by atoms with van der Waals surface area (Å²) in [6.07, 6.45) is 2.17. The molecule has 0 aliphatic carbocycles. The molecule has 0 fully saturated rings. The summed E-state index contributed by atoms with van der Waals surface area (Å²) in [6.45, 7) is 26.7. The van der Waals surface area contributed by atoms with Crippen LogP contribution < -0.4 is 77.3 Å². The highest BCUT2D eigenvalue weighted by Gasteiger charge is 2.49. The molecule has 8 aromatic carbocycles. The van der Waals surface area contributed by atoms with Crippen molar-refractivity contribution in [1.29, 1.82) is 0 Å². The first kappa shape index (κ1) is 45.7. The summed E-state index contributed by atoms with van der Waals surface area (Å²) < 4.78 is 30.8. The Morgan fingerprint density at radius 3 is 1.24 bits per heavy atom. The van der Waals surface area contributed by atoms with Crippen LogP contribution in [0.5, 0.6) is 46.0 Å². The van der Waals surface area contributed by atoms with Crippen molar-refractivity contribution < 1.29 is 18.9 Å². The molecule has 0 saturated carbocycles. The number of hydrogen-bond acceptors (Lipinski definition) is 7. The van der Waals surface area contributed by atoms with Gasteiger partial charge in [0.15, 0.2) is 0 Å². The number of aryl methyl sites for hydroxylation is 3. The number of benzene rings is 8. The van der Waals surface area contributed by atoms with E-state index in [1.165, 1.54) is 49.5 Å². The molecule has 364 valence electrons. The van der Waals surface area contributed by atoms with Gasteiger partial charge in [0.1, 0.15) is 46.0 Å². The van der Waals surface area contributed by atoms with Crippen LogP contribution in [0.3, 0.4) is 0 Å². The third kappa shape index (κ3) is 6.62. The van der Waals surface area contributed by atoms with E-state index in [0.29, 0.717) is 0 Å². The van der Waals surface area contributed by atoms with E-state index >= 15 is 0 Å². The van der Waals surface area contributed by atoms with E-state index in [-0.39, 0.29) is 36.4 Å². The van der Waals surface area contributed by atoms with Crippen molar-refractivity contribution in [3.05, 3.63) is 155 Å². The van der Waals surface area contributed by atoms with Crippen LogP contribution in [-0.2, 0) is 16.2 Å². The van der Waals surface area contributed by atoms with Crippen molar-refractivity contribution in [2.45, 2.75) is 99.3 Å². The van der Waals surface area contributed by atoms with E-state index in [9.17, 15) is 0 Å². The van der Waals surface area contributed by atoms with Crippen molar-refractivity contribution >= 4 is 110 Å². The summed E-state index contributed by atoms with van der Waals surface area (Å²) in [4.78, 5) is 2.46. The van der Waals surface area contributed by atoms with Crippen LogP contribution in [-0.4, -0.2) is 26.4 Å². The maximum absolute atomic E-state index is 7.29. The molecule has 0 aromatic heterocycles. The first-order valence-electron chi connectivity index (χ1n) is 26.3. The molecule has 0 bridgehead atoms. The van der Waals surface area contributed by atoms with Crippen LogP contribution in [0.4, 0.5) is 28.4 Å². The molecule has 74 heavy (non-hydrogen) atoms. The normalized spacial score (nSPS) is 14.9. The Morgan fingerprint density at radius 2 is 0.743 bits per heavy atom. The molecule has 6 aliphatic rings. The third-order valence-corrected chi connectivity index (χ3v) is 17.3. The molecule has 0 saturated heterocycles. The standard InChI is InChI=1S/C64H59B3N2O4S/c1-34-22-49-59-55(24-34)70-51-20-16-38(63(7,8)9)28-43(51)65(59)41-30-45-53(32-47(41)68(49)40-18-14-37(15-19-40)62(4,5)6)72-57-26-36(3)27-58-61(57)67(45)46-31-42-48(33-54(46)73-58)69(74-13)50-23-35(2)25-56-60(50)66(42)44-29-39(64(10,11)12)17-21-52(44)71-56/h14-33H,1-13H3. The van der Waals surface area contributed by atoms with Gasteiger partial charge in [0, 0.05) is 40.9 Å². The molecular weight excluding hydrogens is 925 g/mol. The molecule has 0 atom stereocenters. The maximum atomic E-state index is 7.29. The van der Waals surface area contributed by atoms with Crippen molar-refractivity contribution in [2.24, 2.45) is 0 Å². The number of rotatable bonds is 2. The molecular formula is C64H59B3N2O4S. The van der Waals surface area contributed by atoms with Gasteiger partial charge in [-0.2, -0.15) is 0 Å². The van der Waals surface area contributed by atoms with Crippen LogP contribution in [0, 0.1) is 20.8 Å². The zero-order valence-corrected chi connectivity index (χ0v) is 45.5. The third-order valence-electron chi connectivity index (χ3n) is 16.6. The zero-order chi connectivity index (χ0) is 51.2. The van der Waals surface area contributed by atoms with Gasteiger partial charge in [-0.1, -0.05) is 111 Å². The SMILES string of the molecule is CSN1c2cc3c(cc2B2c4cc(C(C)(C)C)ccc4Oc4cc(C)cc1c42)B1c2cc4c(cc2Oc2cc(C)cc(c21)O3)N(c1ccc(C(C)(C)C)cc1)c1cc(C)cc2c1B4c1cc(C(C)(C)C)ccc1O2. The molecule has 0 radical (unpaired) electrons. The average molecular weight is 985 g/mol. The van der Waals surface area contributed by atoms with E-state index in [4.69, 9.17) is 18.9 Å². The van der Waals surface area contributed by atoms with Crippen molar-refractivity contribution in [1.82, 2.24) is 0 Å². The Bertz CT molecular complexity index is 3810. The highest BCUT2D eigenvalue weighted by molar-refractivity contribution is 8.00. The summed E-state index contributed by atoms with van der Waals surface area (Å²) in [6, 6.07) is 46.0. The Hall–Kier alpha value is -6.90. The van der Waals surface area contributed by atoms with E-state index in [2.05, 4.69) is 220 Å². The lowest BCUT2D eigenvalue weighted by Gasteiger charge is -2.42. The quantitative estimate of drug-likeness (QED) is 0.126. The fourth-order valence-electron chi connectivity index (χ4n) is 12.9. The van der Waals surface area contributed by atoms with Gasteiger partial charge in [-0.15, -0.1) is 0 Å². The Kier molecular flexibility index (Phi) is 9.48. The summed E-state index contributed by atoms with van der Waals surface area (Å²) in [5.41, 5.74) is 23.3. The highest BCUT2D eigenvalue weighted by Crippen LogP contribution is 2.47. The molecule has 0 N–H and O–H groups in total. The number of nitrogens with zero attached hydrogens (tertiary/aromatic N) is 2. The lowest BCUT2D eigenvalue weighted by Crippen LogP contribution is -2.64. The van der Waals surface area contributed by atoms with Gasteiger partial charge in [0.2, 0.25) is 0 Å². The number of ether oxygens (including phenoxy) is 4. The summed E-state index contributed by atoms with van der Waals surface area (Å²) in [7, 11) is 0. The molecule has 6 heterocycles. The van der Waals surface area contributed by atoms with Crippen molar-refractivity contribution in [2.75, 3.05) is 15.5 Å². The van der Waals surface area contributed by atoms with Gasteiger partial charge in [-0.05, 0) is 187 Å². The predicted octanol–water partition coefficient (Wildman–Crippen LogP) is 11.0. The van der Waals surface area contributed by atoms with Crippen LogP contribution >= 0.6 is 11.9 Å². The fraction of sp³-hybridized carbons (Fsp3) is 0.250. The minimum atomic E-state index is -0.191. The molecule has 6 aliphatic heterocycles. The second-order valence-electron chi connectivity index (χ2n) is 24.8. The lowest BCUT2D eigenvalue weighted by molar-refractivity contribution is 0.464. The zero-order valence-electron chi connectivity index (χ0n) is 44.7. The number of anilines is 5. The Balaban J connectivity index is 1.04. The van der Waals surface area contributed by atoms with Gasteiger partial charge in [0.25, 0.3) is 20.1 Å². The Labute approximate surface area is 441 Å². The molecule has 6 nitrogen and oxygen atoms in total. The molecule has 0 unspecified atom stereocenters. The van der Waals surface area contributed by atoms with E-state index < -0.39 is 0 Å². The van der Waals surface area contributed by atoms with E-state index in [1.807, 2.05) is 0 Å². The maximum Gasteiger partial charge on any atom is 0.260 e. The smallest absolute Gasteiger partial charge is 0.260 e. The topological polar surface area (TPSA) is 43.4 Å². The first-order valence-corrected chi connectivity index (χ1v) is 27.4. The van der Waals surface area contributed by atoms with Crippen LogP contribution in [0.15, 0.2) is 121 Å². The van der Waals surface area contributed by atoms with Crippen molar-refractivity contribution in [3.8, 4) is 46.0 Å². The van der Waals surface area contributed by atoms with Crippen LogP contribution in [0.2, 0.25) is 0 Å². The van der Waals surface area contributed by atoms with Crippen molar-refractivity contribution in [3.63, 3.8) is 0 Å². The number of hydrogen-bond donors (Lipinski definition) is 0. The average Bonchev–Trinajstić information content (AvgIpc) is 3.34. The second kappa shape index (κ2) is 15.4. The predicted molar refractivity (Wildman–Crippen MR) is 314 cm³/mol. The molecule has 10 heteroatoms. The fourth-order valence-corrected chi connectivity index (χ4v) is 13.6. The minimum Gasteiger partial charge on any atom is -0.458 e. The monoisotopic (exact) mass is 984 g/mol. The van der Waals surface area contributed by atoms with E-state index in [0.717, 1.165) is 108 Å². The lowest BCUT2D eigenvalue weighted by atomic mass is 9.30. The first-order chi connectivity index (χ1) is 35.2. The van der Waals surface area contributed by atoms with E-state index in [1.54, 1.807) is 11.9 Å². The highest BCUT2D eigenvalue weighted by atomic mass is 32.2. The Morgan fingerprint density at radius 1 is 0.351 bits per heavy atom. The van der Waals surface area contributed by atoms with Gasteiger partial charge >= 0.3 is 0 Å². The summed E-state index contributed by atoms with van der Waals surface area (Å²) in [5, 5.41) is 0. The largest absolute Gasteiger partial charge is 0.458 e. The van der Waals surface area contributed by atoms with Gasteiger partial charge in [-0.25, -0.2) is 0 Å². The van der Waals surface area contributed by atoms with Crippen LogP contribution in [0.25, 0.3) is 0 Å². The molecule has 0 spiro atoms. The molecule has 14 rings (SSSR count). The number of fused-ring (bicyclic) bond motifs is 12.